The molecule has 0 unspecified atom stereocenters. The summed E-state index contributed by atoms with van der Waals surface area (Å²) >= 11 is 0. The van der Waals surface area contributed by atoms with Crippen molar-refractivity contribution >= 4 is 6.29 Å². The molecule has 2 aromatic rings. The van der Waals surface area contributed by atoms with E-state index in [1.165, 1.54) is 0 Å². The Bertz CT molecular complexity index is 633. The van der Waals surface area contributed by atoms with Crippen LogP contribution < -0.4 is 0 Å². The van der Waals surface area contributed by atoms with Crippen LogP contribution in [0.1, 0.15) is 34.3 Å². The van der Waals surface area contributed by atoms with Crippen molar-refractivity contribution in [3.63, 3.8) is 0 Å². The monoisotopic (exact) mass is 298 g/mol. The van der Waals surface area contributed by atoms with Gasteiger partial charge in [-0.2, -0.15) is 0 Å². The Labute approximate surface area is 129 Å². The van der Waals surface area contributed by atoms with E-state index in [4.69, 9.17) is 4.74 Å². The average Bonchev–Trinajstić information content (AvgIpc) is 2.54. The third-order valence-corrected chi connectivity index (χ3v) is 4.35. The third-order valence-electron chi connectivity index (χ3n) is 4.35. The van der Waals surface area contributed by atoms with Crippen LogP contribution in [0, 0.1) is 0 Å². The predicted octanol–water partition coefficient (Wildman–Crippen LogP) is 4.09. The van der Waals surface area contributed by atoms with Gasteiger partial charge in [-0.05, 0) is 30.0 Å². The molecule has 0 aliphatic heterocycles. The molecule has 0 atom stereocenters. The number of hydrogen-bond donors (Lipinski definition) is 0. The van der Waals surface area contributed by atoms with Crippen molar-refractivity contribution in [1.82, 2.24) is 0 Å². The smallest absolute Gasteiger partial charge is 0.150 e. The lowest BCUT2D eigenvalue weighted by Gasteiger charge is -2.44. The van der Waals surface area contributed by atoms with Gasteiger partial charge in [0.1, 0.15) is 12.5 Å². The number of hydrogen-bond acceptors (Lipinski definition) is 2. The Balaban J connectivity index is 1.70. The fourth-order valence-corrected chi connectivity index (χ4v) is 3.11. The summed E-state index contributed by atoms with van der Waals surface area (Å²) in [5.41, 5.74) is 2.43. The van der Waals surface area contributed by atoms with E-state index in [-0.39, 0.29) is 5.41 Å². The third kappa shape index (κ3) is 3.09. The van der Waals surface area contributed by atoms with E-state index in [0.717, 1.165) is 17.4 Å². The summed E-state index contributed by atoms with van der Waals surface area (Å²) in [5.74, 6) is 0. The maximum absolute atomic E-state index is 13.5. The van der Waals surface area contributed by atoms with Gasteiger partial charge in [0.25, 0.3) is 0 Å². The fraction of sp³-hybridized carbons (Fsp3) is 0.316. The second kappa shape index (κ2) is 6.41. The van der Waals surface area contributed by atoms with Crippen LogP contribution >= 0.6 is 0 Å². The number of carbonyl (C=O) groups is 1. The maximum atomic E-state index is 13.5. The summed E-state index contributed by atoms with van der Waals surface area (Å²) in [6.45, 7) is 0.998. The van der Waals surface area contributed by atoms with Crippen molar-refractivity contribution in [3.05, 3.63) is 71.3 Å². The van der Waals surface area contributed by atoms with Crippen LogP contribution in [0.3, 0.4) is 0 Å². The second-order valence-corrected chi connectivity index (χ2v) is 6.01. The SMILES string of the molecule is O=Cc1cccc(C2(COCc3ccccc3)CC(F)C2)c1. The van der Waals surface area contributed by atoms with Crippen molar-refractivity contribution in [1.29, 1.82) is 0 Å². The fourth-order valence-electron chi connectivity index (χ4n) is 3.11. The number of rotatable bonds is 6. The van der Waals surface area contributed by atoms with Crippen LogP contribution in [0.25, 0.3) is 0 Å². The molecule has 1 saturated carbocycles. The summed E-state index contributed by atoms with van der Waals surface area (Å²) in [7, 11) is 0. The summed E-state index contributed by atoms with van der Waals surface area (Å²) < 4.78 is 19.4. The van der Waals surface area contributed by atoms with E-state index < -0.39 is 6.17 Å². The molecule has 0 spiro atoms. The molecule has 3 rings (SSSR count). The van der Waals surface area contributed by atoms with Gasteiger partial charge in [-0.25, -0.2) is 4.39 Å². The molecule has 0 aromatic heterocycles. The lowest BCUT2D eigenvalue weighted by molar-refractivity contribution is -0.00515. The van der Waals surface area contributed by atoms with Crippen LogP contribution in [0.5, 0.6) is 0 Å². The number of carbonyl (C=O) groups excluding carboxylic acids is 1. The molecule has 3 heteroatoms. The van der Waals surface area contributed by atoms with Crippen molar-refractivity contribution < 1.29 is 13.9 Å². The highest BCUT2D eigenvalue weighted by Gasteiger charge is 2.46. The van der Waals surface area contributed by atoms with Crippen LogP contribution in [0.4, 0.5) is 4.39 Å². The first-order valence-corrected chi connectivity index (χ1v) is 7.53. The molecular formula is C19H19FO2. The summed E-state index contributed by atoms with van der Waals surface area (Å²) in [6.07, 6.45) is 0.974. The predicted molar refractivity (Wildman–Crippen MR) is 83.7 cm³/mol. The van der Waals surface area contributed by atoms with Crippen LogP contribution in [-0.2, 0) is 16.8 Å². The number of alkyl halides is 1. The lowest BCUT2D eigenvalue weighted by Crippen LogP contribution is -2.46. The number of aldehydes is 1. The van der Waals surface area contributed by atoms with E-state index in [0.29, 0.717) is 31.6 Å². The van der Waals surface area contributed by atoms with E-state index >= 15 is 0 Å². The molecule has 0 N–H and O–H groups in total. The number of ether oxygens (including phenoxy) is 1. The molecule has 1 aliphatic carbocycles. The van der Waals surface area contributed by atoms with Crippen molar-refractivity contribution in [2.45, 2.75) is 31.0 Å². The minimum Gasteiger partial charge on any atom is -0.376 e. The quantitative estimate of drug-likeness (QED) is 0.751. The van der Waals surface area contributed by atoms with Crippen LogP contribution in [0.2, 0.25) is 0 Å². The Morgan fingerprint density at radius 3 is 2.59 bits per heavy atom. The van der Waals surface area contributed by atoms with E-state index in [2.05, 4.69) is 0 Å². The minimum absolute atomic E-state index is 0.298. The number of halogens is 1. The van der Waals surface area contributed by atoms with Crippen molar-refractivity contribution in [3.8, 4) is 0 Å². The molecule has 0 heterocycles. The highest BCUT2D eigenvalue weighted by atomic mass is 19.1. The van der Waals surface area contributed by atoms with Gasteiger partial charge in [-0.3, -0.25) is 4.79 Å². The minimum atomic E-state index is -0.778. The molecule has 1 aliphatic rings. The molecule has 0 saturated heterocycles. The van der Waals surface area contributed by atoms with Gasteiger partial charge in [0, 0.05) is 11.0 Å². The van der Waals surface area contributed by atoms with E-state index in [9.17, 15) is 9.18 Å². The lowest BCUT2D eigenvalue weighted by atomic mass is 9.63. The second-order valence-electron chi connectivity index (χ2n) is 6.01. The van der Waals surface area contributed by atoms with Gasteiger partial charge < -0.3 is 4.74 Å². The average molecular weight is 298 g/mol. The largest absolute Gasteiger partial charge is 0.376 e. The summed E-state index contributed by atoms with van der Waals surface area (Å²) in [5, 5.41) is 0. The topological polar surface area (TPSA) is 26.3 Å². The normalized spacial score (nSPS) is 23.8. The Morgan fingerprint density at radius 2 is 1.91 bits per heavy atom. The van der Waals surface area contributed by atoms with E-state index in [1.54, 1.807) is 6.07 Å². The Kier molecular flexibility index (Phi) is 4.34. The first-order valence-electron chi connectivity index (χ1n) is 7.53. The zero-order valence-electron chi connectivity index (χ0n) is 12.4. The molecular weight excluding hydrogens is 279 g/mol. The van der Waals surface area contributed by atoms with Gasteiger partial charge in [-0.15, -0.1) is 0 Å². The van der Waals surface area contributed by atoms with E-state index in [1.807, 2.05) is 48.5 Å². The van der Waals surface area contributed by atoms with Gasteiger partial charge >= 0.3 is 0 Å². The molecule has 1 fully saturated rings. The highest BCUT2D eigenvalue weighted by Crippen LogP contribution is 2.46. The van der Waals surface area contributed by atoms with Gasteiger partial charge in [0.15, 0.2) is 0 Å². The van der Waals surface area contributed by atoms with Crippen molar-refractivity contribution in [2.75, 3.05) is 6.61 Å². The van der Waals surface area contributed by atoms with Gasteiger partial charge in [0.2, 0.25) is 0 Å². The highest BCUT2D eigenvalue weighted by molar-refractivity contribution is 5.75. The molecule has 0 radical (unpaired) electrons. The first kappa shape index (κ1) is 14.9. The molecule has 2 aromatic carbocycles. The maximum Gasteiger partial charge on any atom is 0.150 e. The molecule has 22 heavy (non-hydrogen) atoms. The Morgan fingerprint density at radius 1 is 1.14 bits per heavy atom. The molecule has 0 amide bonds. The molecule has 0 bridgehead atoms. The summed E-state index contributed by atoms with van der Waals surface area (Å²) in [4.78, 5) is 11.0. The number of benzene rings is 2. The van der Waals surface area contributed by atoms with Gasteiger partial charge in [-0.1, -0.05) is 48.5 Å². The standard InChI is InChI=1S/C19H19FO2/c20-18-10-19(11-18,17-8-4-7-16(9-17)12-21)14-22-13-15-5-2-1-3-6-15/h1-9,12,18H,10-11,13-14H2. The summed E-state index contributed by atoms with van der Waals surface area (Å²) in [6, 6.07) is 17.4. The first-order chi connectivity index (χ1) is 10.7. The zero-order chi connectivity index (χ0) is 15.4. The van der Waals surface area contributed by atoms with Crippen LogP contribution in [-0.4, -0.2) is 19.1 Å². The molecule has 2 nitrogen and oxygen atoms in total. The Hall–Kier alpha value is -2.00. The zero-order valence-corrected chi connectivity index (χ0v) is 12.4. The van der Waals surface area contributed by atoms with Crippen LogP contribution in [0.15, 0.2) is 54.6 Å². The molecule has 114 valence electrons. The van der Waals surface area contributed by atoms with Crippen molar-refractivity contribution in [2.24, 2.45) is 0 Å². The van der Waals surface area contributed by atoms with Gasteiger partial charge in [0.05, 0.1) is 13.2 Å².